The van der Waals surface area contributed by atoms with E-state index in [0.717, 1.165) is 18.7 Å². The maximum atomic E-state index is 12.6. The Balaban J connectivity index is 1.76. The van der Waals surface area contributed by atoms with E-state index >= 15 is 0 Å². The minimum atomic E-state index is 0.204. The Hall–Kier alpha value is -0.910. The molecule has 0 fully saturated rings. The highest BCUT2D eigenvalue weighted by Crippen LogP contribution is 2.37. The number of hydrogen-bond acceptors (Lipinski definition) is 4. The molecular weight excluding hydrogens is 318 g/mol. The van der Waals surface area contributed by atoms with Crippen molar-refractivity contribution in [1.82, 2.24) is 0 Å². The van der Waals surface area contributed by atoms with E-state index in [2.05, 4.69) is 25.1 Å². The summed E-state index contributed by atoms with van der Waals surface area (Å²) in [6.07, 6.45) is 1.04. The summed E-state index contributed by atoms with van der Waals surface area (Å²) >= 11 is 5.19. The van der Waals surface area contributed by atoms with E-state index < -0.39 is 0 Å². The Morgan fingerprint density at radius 1 is 1.33 bits per heavy atom. The molecule has 1 aromatic carbocycles. The molecule has 2 nitrogen and oxygen atoms in total. The fraction of sp³-hybridized carbons (Fsp3) is 0.312. The normalized spacial score (nSPS) is 18.1. The third-order valence-electron chi connectivity index (χ3n) is 3.38. The Morgan fingerprint density at radius 3 is 3.00 bits per heavy atom. The van der Waals surface area contributed by atoms with Crippen LogP contribution in [0.15, 0.2) is 50.9 Å². The lowest BCUT2D eigenvalue weighted by atomic mass is 10.2. The lowest BCUT2D eigenvalue weighted by molar-refractivity contribution is -0.116. The minimum absolute atomic E-state index is 0.204. The Kier molecular flexibility index (Phi) is 4.93. The van der Waals surface area contributed by atoms with Gasteiger partial charge in [0.15, 0.2) is 0 Å². The number of hydrogen-bond donors (Lipinski definition) is 0. The fourth-order valence-electron chi connectivity index (χ4n) is 2.30. The van der Waals surface area contributed by atoms with Crippen molar-refractivity contribution >= 4 is 46.5 Å². The number of fused-ring (bicyclic) bond motifs is 1. The zero-order chi connectivity index (χ0) is 14.7. The monoisotopic (exact) mass is 335 g/mol. The first-order valence-electron chi connectivity index (χ1n) is 6.96. The first-order valence-corrected chi connectivity index (χ1v) is 9.71. The van der Waals surface area contributed by atoms with Crippen molar-refractivity contribution in [3.63, 3.8) is 0 Å². The fourth-order valence-corrected chi connectivity index (χ4v) is 5.08. The molecule has 5 heteroatoms. The number of anilines is 1. The van der Waals surface area contributed by atoms with Crippen molar-refractivity contribution in [3.05, 3.63) is 41.8 Å². The van der Waals surface area contributed by atoms with Gasteiger partial charge in [0.25, 0.3) is 0 Å². The van der Waals surface area contributed by atoms with Gasteiger partial charge in [-0.15, -0.1) is 34.9 Å². The number of rotatable bonds is 3. The van der Waals surface area contributed by atoms with Crippen molar-refractivity contribution < 1.29 is 4.79 Å². The van der Waals surface area contributed by atoms with Crippen LogP contribution in [-0.2, 0) is 4.79 Å². The summed E-state index contributed by atoms with van der Waals surface area (Å²) in [6.45, 7) is 3.05. The Bertz CT molecular complexity index is 612. The van der Waals surface area contributed by atoms with Gasteiger partial charge in [-0.05, 0) is 30.0 Å². The number of thiophene rings is 1. The topological polar surface area (TPSA) is 20.3 Å². The first kappa shape index (κ1) is 15.0. The molecule has 2 aromatic rings. The zero-order valence-electron chi connectivity index (χ0n) is 11.8. The number of amides is 1. The number of para-hydroxylation sites is 1. The molecule has 110 valence electrons. The van der Waals surface area contributed by atoms with Gasteiger partial charge < -0.3 is 4.90 Å². The van der Waals surface area contributed by atoms with Crippen LogP contribution < -0.4 is 4.90 Å². The predicted octanol–water partition coefficient (Wildman–Crippen LogP) is 4.76. The van der Waals surface area contributed by atoms with Crippen LogP contribution in [0.25, 0.3) is 0 Å². The number of carbonyl (C=O) groups is 1. The molecule has 0 radical (unpaired) electrons. The molecule has 0 saturated carbocycles. The maximum absolute atomic E-state index is 12.6. The van der Waals surface area contributed by atoms with Crippen molar-refractivity contribution in [3.8, 4) is 0 Å². The molecule has 0 saturated heterocycles. The van der Waals surface area contributed by atoms with E-state index in [1.54, 1.807) is 23.1 Å². The van der Waals surface area contributed by atoms with Crippen LogP contribution in [0.3, 0.4) is 0 Å². The summed E-state index contributed by atoms with van der Waals surface area (Å²) in [7, 11) is 0. The molecule has 0 aliphatic carbocycles. The summed E-state index contributed by atoms with van der Waals surface area (Å²) in [5.41, 5.74) is 1.07. The van der Waals surface area contributed by atoms with Gasteiger partial charge in [0.2, 0.25) is 5.91 Å². The van der Waals surface area contributed by atoms with E-state index in [1.807, 2.05) is 40.2 Å². The predicted molar refractivity (Wildman–Crippen MR) is 93.8 cm³/mol. The SMILES string of the molecule is CC1CCN(C(=O)CSc2cccs2)c2ccccc2S1. The van der Waals surface area contributed by atoms with Gasteiger partial charge in [-0.2, -0.15) is 0 Å². The second kappa shape index (κ2) is 6.90. The van der Waals surface area contributed by atoms with Crippen molar-refractivity contribution in [1.29, 1.82) is 0 Å². The number of nitrogens with zero attached hydrogens (tertiary/aromatic N) is 1. The third kappa shape index (κ3) is 3.65. The smallest absolute Gasteiger partial charge is 0.237 e. The quantitative estimate of drug-likeness (QED) is 0.755. The molecule has 1 aromatic heterocycles. The standard InChI is InChI=1S/C16H17NOS3/c1-12-8-9-17(13-5-2-3-6-14(13)21-12)15(18)11-20-16-7-4-10-19-16/h2-7,10,12H,8-9,11H2,1H3. The van der Waals surface area contributed by atoms with Gasteiger partial charge in [-0.25, -0.2) is 0 Å². The van der Waals surface area contributed by atoms with Gasteiger partial charge in [0.05, 0.1) is 15.6 Å². The number of benzene rings is 1. The maximum Gasteiger partial charge on any atom is 0.237 e. The summed E-state index contributed by atoms with van der Waals surface area (Å²) in [5, 5.41) is 2.60. The second-order valence-corrected chi connectivity index (χ2v) is 8.65. The van der Waals surface area contributed by atoms with Crippen LogP contribution in [0.5, 0.6) is 0 Å². The van der Waals surface area contributed by atoms with Crippen LogP contribution in [0.4, 0.5) is 5.69 Å². The molecule has 1 atom stereocenters. The Labute approximate surface area is 137 Å². The van der Waals surface area contributed by atoms with Crippen LogP contribution in [0.2, 0.25) is 0 Å². The summed E-state index contributed by atoms with van der Waals surface area (Å²) < 4.78 is 1.20. The molecule has 1 unspecified atom stereocenters. The lowest BCUT2D eigenvalue weighted by Gasteiger charge is -2.22. The first-order chi connectivity index (χ1) is 10.2. The molecule has 0 spiro atoms. The van der Waals surface area contributed by atoms with Crippen molar-refractivity contribution in [2.75, 3.05) is 17.2 Å². The lowest BCUT2D eigenvalue weighted by Crippen LogP contribution is -2.33. The highest BCUT2D eigenvalue weighted by molar-refractivity contribution is 8.01. The number of thioether (sulfide) groups is 2. The van der Waals surface area contributed by atoms with Crippen molar-refractivity contribution in [2.24, 2.45) is 0 Å². The average molecular weight is 336 g/mol. The van der Waals surface area contributed by atoms with Crippen LogP contribution >= 0.6 is 34.9 Å². The average Bonchev–Trinajstić information content (AvgIpc) is 2.94. The molecule has 0 N–H and O–H groups in total. The van der Waals surface area contributed by atoms with Crippen molar-refractivity contribution in [2.45, 2.75) is 27.7 Å². The molecule has 1 aliphatic rings. The van der Waals surface area contributed by atoms with Gasteiger partial charge in [0, 0.05) is 16.7 Å². The van der Waals surface area contributed by atoms with E-state index in [0.29, 0.717) is 11.0 Å². The molecular formula is C16H17NOS3. The van der Waals surface area contributed by atoms with Crippen LogP contribution in [0.1, 0.15) is 13.3 Å². The van der Waals surface area contributed by atoms with Gasteiger partial charge >= 0.3 is 0 Å². The summed E-state index contributed by atoms with van der Waals surface area (Å²) in [4.78, 5) is 15.8. The molecule has 21 heavy (non-hydrogen) atoms. The van der Waals surface area contributed by atoms with Gasteiger partial charge in [-0.3, -0.25) is 4.79 Å². The largest absolute Gasteiger partial charge is 0.311 e. The second-order valence-electron chi connectivity index (χ2n) is 4.95. The van der Waals surface area contributed by atoms with E-state index in [4.69, 9.17) is 0 Å². The minimum Gasteiger partial charge on any atom is -0.311 e. The molecule has 3 rings (SSSR count). The number of carbonyl (C=O) groups excluding carboxylic acids is 1. The zero-order valence-corrected chi connectivity index (χ0v) is 14.3. The molecule has 1 amide bonds. The highest BCUT2D eigenvalue weighted by atomic mass is 32.2. The van der Waals surface area contributed by atoms with Gasteiger partial charge in [-0.1, -0.05) is 25.1 Å². The molecule has 0 bridgehead atoms. The van der Waals surface area contributed by atoms with E-state index in [-0.39, 0.29) is 5.91 Å². The third-order valence-corrected chi connectivity index (χ3v) is 6.73. The Morgan fingerprint density at radius 2 is 2.19 bits per heavy atom. The summed E-state index contributed by atoms with van der Waals surface area (Å²) in [5.74, 6) is 0.712. The van der Waals surface area contributed by atoms with Crippen LogP contribution in [0, 0.1) is 0 Å². The molecule has 2 heterocycles. The summed E-state index contributed by atoms with van der Waals surface area (Å²) in [6, 6.07) is 12.3. The van der Waals surface area contributed by atoms with E-state index in [1.165, 1.54) is 9.10 Å². The molecule has 1 aliphatic heterocycles. The van der Waals surface area contributed by atoms with E-state index in [9.17, 15) is 4.79 Å². The van der Waals surface area contributed by atoms with Crippen LogP contribution in [-0.4, -0.2) is 23.5 Å². The highest BCUT2D eigenvalue weighted by Gasteiger charge is 2.23. The van der Waals surface area contributed by atoms with Gasteiger partial charge in [0.1, 0.15) is 0 Å².